The Morgan fingerprint density at radius 2 is 1.95 bits per heavy atom. The molecule has 1 N–H and O–H groups in total. The summed E-state index contributed by atoms with van der Waals surface area (Å²) in [4.78, 5) is 23.4. The first-order chi connectivity index (χ1) is 9.72. The molecule has 1 amide bonds. The molecule has 2 rings (SSSR count). The zero-order valence-corrected chi connectivity index (χ0v) is 12.4. The number of benzene rings is 1. The van der Waals surface area contributed by atoms with Crippen molar-refractivity contribution in [2.75, 3.05) is 13.2 Å². The van der Waals surface area contributed by atoms with Gasteiger partial charge in [0.15, 0.2) is 0 Å². The fraction of sp³-hybridized carbons (Fsp3) is 0.500. The largest absolute Gasteiger partial charge is 0.466 e. The Labute approximate surface area is 120 Å². The first-order valence-electron chi connectivity index (χ1n) is 7.20. The molecular weight excluding hydrogens is 254 g/mol. The Morgan fingerprint density at radius 3 is 2.55 bits per heavy atom. The summed E-state index contributed by atoms with van der Waals surface area (Å²) in [7, 11) is 0. The van der Waals surface area contributed by atoms with Crippen LogP contribution >= 0.6 is 0 Å². The van der Waals surface area contributed by atoms with Crippen molar-refractivity contribution in [2.45, 2.75) is 33.1 Å². The number of hydrogen-bond donors (Lipinski definition) is 1. The molecule has 0 aromatic heterocycles. The summed E-state index contributed by atoms with van der Waals surface area (Å²) in [5, 5.41) is 2.73. The van der Waals surface area contributed by atoms with E-state index < -0.39 is 0 Å². The van der Waals surface area contributed by atoms with Gasteiger partial charge in [-0.3, -0.25) is 9.59 Å². The lowest BCUT2D eigenvalue weighted by Crippen LogP contribution is -2.43. The van der Waals surface area contributed by atoms with E-state index in [2.05, 4.69) is 5.32 Å². The van der Waals surface area contributed by atoms with Crippen LogP contribution in [0.4, 0.5) is 0 Å². The summed E-state index contributed by atoms with van der Waals surface area (Å²) in [6, 6.07) is 9.67. The number of piperidine rings is 1. The molecule has 2 unspecified atom stereocenters. The third kappa shape index (κ3) is 4.08. The van der Waals surface area contributed by atoms with Crippen molar-refractivity contribution in [1.29, 1.82) is 0 Å². The first kappa shape index (κ1) is 16.2. The summed E-state index contributed by atoms with van der Waals surface area (Å²) in [5.41, 5.74) is 1.02. The van der Waals surface area contributed by atoms with Gasteiger partial charge in [0.05, 0.1) is 12.5 Å². The Balaban J connectivity index is 0.000000956. The fourth-order valence-electron chi connectivity index (χ4n) is 2.33. The van der Waals surface area contributed by atoms with Crippen LogP contribution in [0.5, 0.6) is 0 Å². The maximum atomic E-state index is 11.9. The van der Waals surface area contributed by atoms with Gasteiger partial charge in [-0.15, -0.1) is 0 Å². The SMILES string of the molecule is CC.CCOC(=O)C1CNC(=O)CC1c1ccccc1. The molecule has 0 saturated carbocycles. The molecule has 0 aliphatic carbocycles. The molecule has 0 radical (unpaired) electrons. The Morgan fingerprint density at radius 1 is 1.30 bits per heavy atom. The van der Waals surface area contributed by atoms with E-state index in [0.717, 1.165) is 5.56 Å². The van der Waals surface area contributed by atoms with E-state index in [-0.39, 0.29) is 23.7 Å². The van der Waals surface area contributed by atoms with E-state index >= 15 is 0 Å². The Kier molecular flexibility index (Phi) is 6.77. The van der Waals surface area contributed by atoms with Crippen LogP contribution in [0.3, 0.4) is 0 Å². The monoisotopic (exact) mass is 277 g/mol. The smallest absolute Gasteiger partial charge is 0.311 e. The number of amides is 1. The van der Waals surface area contributed by atoms with E-state index in [4.69, 9.17) is 4.74 Å². The average molecular weight is 277 g/mol. The Bertz CT molecular complexity index is 431. The summed E-state index contributed by atoms with van der Waals surface area (Å²) in [5.74, 6) is -0.611. The highest BCUT2D eigenvalue weighted by atomic mass is 16.5. The normalized spacial score (nSPS) is 21.2. The van der Waals surface area contributed by atoms with Gasteiger partial charge in [-0.05, 0) is 12.5 Å². The zero-order chi connectivity index (χ0) is 15.0. The van der Waals surface area contributed by atoms with Gasteiger partial charge >= 0.3 is 5.97 Å². The third-order valence-corrected chi connectivity index (χ3v) is 3.23. The number of rotatable bonds is 3. The van der Waals surface area contributed by atoms with Crippen LogP contribution in [0.1, 0.15) is 38.7 Å². The molecule has 1 saturated heterocycles. The molecule has 4 nitrogen and oxygen atoms in total. The predicted octanol–water partition coefficient (Wildman–Crippen LogP) is 2.50. The number of nitrogens with one attached hydrogen (secondary N) is 1. The molecule has 1 aliphatic heterocycles. The van der Waals surface area contributed by atoms with Gasteiger partial charge in [0.1, 0.15) is 0 Å². The molecule has 4 heteroatoms. The lowest BCUT2D eigenvalue weighted by Gasteiger charge is -2.30. The third-order valence-electron chi connectivity index (χ3n) is 3.23. The van der Waals surface area contributed by atoms with Gasteiger partial charge in [-0.2, -0.15) is 0 Å². The van der Waals surface area contributed by atoms with E-state index in [1.54, 1.807) is 6.92 Å². The van der Waals surface area contributed by atoms with Crippen LogP contribution in [0.2, 0.25) is 0 Å². The fourth-order valence-corrected chi connectivity index (χ4v) is 2.33. The highest BCUT2D eigenvalue weighted by molar-refractivity contribution is 5.83. The van der Waals surface area contributed by atoms with Crippen molar-refractivity contribution in [2.24, 2.45) is 5.92 Å². The maximum absolute atomic E-state index is 11.9. The average Bonchev–Trinajstić information content (AvgIpc) is 2.50. The molecule has 1 aromatic rings. The van der Waals surface area contributed by atoms with Crippen LogP contribution in [-0.4, -0.2) is 25.0 Å². The second-order valence-electron chi connectivity index (χ2n) is 4.38. The van der Waals surface area contributed by atoms with Crippen LogP contribution in [-0.2, 0) is 14.3 Å². The maximum Gasteiger partial charge on any atom is 0.311 e. The van der Waals surface area contributed by atoms with Crippen LogP contribution in [0.15, 0.2) is 30.3 Å². The van der Waals surface area contributed by atoms with Gasteiger partial charge in [0, 0.05) is 18.9 Å². The summed E-state index contributed by atoms with van der Waals surface area (Å²) < 4.78 is 5.08. The lowest BCUT2D eigenvalue weighted by molar-refractivity contribution is -0.150. The van der Waals surface area contributed by atoms with Crippen molar-refractivity contribution in [3.8, 4) is 0 Å². The molecule has 1 aromatic carbocycles. The standard InChI is InChI=1S/C14H17NO3.C2H6/c1-2-18-14(17)12-9-15-13(16)8-11(12)10-6-4-3-5-7-10;1-2/h3-7,11-12H,2,8-9H2,1H3,(H,15,16);1-2H3. The number of carbonyl (C=O) groups is 2. The van der Waals surface area contributed by atoms with Crippen molar-refractivity contribution < 1.29 is 14.3 Å². The number of esters is 1. The first-order valence-corrected chi connectivity index (χ1v) is 7.20. The minimum absolute atomic E-state index is 0.00981. The van der Waals surface area contributed by atoms with E-state index in [9.17, 15) is 9.59 Å². The highest BCUT2D eigenvalue weighted by Crippen LogP contribution is 2.31. The molecule has 110 valence electrons. The second-order valence-corrected chi connectivity index (χ2v) is 4.38. The lowest BCUT2D eigenvalue weighted by atomic mass is 9.81. The molecule has 0 bridgehead atoms. The number of carbonyl (C=O) groups excluding carboxylic acids is 2. The van der Waals surface area contributed by atoms with Gasteiger partial charge in [-0.25, -0.2) is 0 Å². The summed E-state index contributed by atoms with van der Waals surface area (Å²) in [6.07, 6.45) is 0.341. The minimum atomic E-state index is -0.287. The van der Waals surface area contributed by atoms with E-state index in [1.165, 1.54) is 0 Å². The van der Waals surface area contributed by atoms with Crippen LogP contribution < -0.4 is 5.32 Å². The van der Waals surface area contributed by atoms with E-state index in [0.29, 0.717) is 19.6 Å². The van der Waals surface area contributed by atoms with Gasteiger partial charge in [-0.1, -0.05) is 44.2 Å². The highest BCUT2D eigenvalue weighted by Gasteiger charge is 2.36. The molecule has 2 atom stereocenters. The van der Waals surface area contributed by atoms with Gasteiger partial charge in [0.2, 0.25) is 5.91 Å². The van der Waals surface area contributed by atoms with Crippen molar-refractivity contribution in [3.63, 3.8) is 0 Å². The van der Waals surface area contributed by atoms with Crippen molar-refractivity contribution in [1.82, 2.24) is 5.32 Å². The molecule has 20 heavy (non-hydrogen) atoms. The Hall–Kier alpha value is -1.84. The number of ether oxygens (including phenoxy) is 1. The van der Waals surface area contributed by atoms with Crippen LogP contribution in [0.25, 0.3) is 0 Å². The quantitative estimate of drug-likeness (QED) is 0.864. The van der Waals surface area contributed by atoms with Gasteiger partial charge in [0.25, 0.3) is 0 Å². The summed E-state index contributed by atoms with van der Waals surface area (Å²) in [6.45, 7) is 6.51. The number of hydrogen-bond acceptors (Lipinski definition) is 3. The molecule has 0 spiro atoms. The molecule has 1 heterocycles. The zero-order valence-electron chi connectivity index (χ0n) is 12.4. The predicted molar refractivity (Wildman–Crippen MR) is 78.3 cm³/mol. The molecular formula is C16H23NO3. The minimum Gasteiger partial charge on any atom is -0.466 e. The van der Waals surface area contributed by atoms with Crippen LogP contribution in [0, 0.1) is 5.92 Å². The molecule has 1 aliphatic rings. The topological polar surface area (TPSA) is 55.4 Å². The van der Waals surface area contributed by atoms with Gasteiger partial charge < -0.3 is 10.1 Å². The van der Waals surface area contributed by atoms with E-state index in [1.807, 2.05) is 44.2 Å². The summed E-state index contributed by atoms with van der Waals surface area (Å²) >= 11 is 0. The van der Waals surface area contributed by atoms with Crippen molar-refractivity contribution >= 4 is 11.9 Å². The second kappa shape index (κ2) is 8.35. The van der Waals surface area contributed by atoms with Crippen molar-refractivity contribution in [3.05, 3.63) is 35.9 Å². The molecule has 1 fully saturated rings.